The highest BCUT2D eigenvalue weighted by Gasteiger charge is 2.26. The predicted octanol–water partition coefficient (Wildman–Crippen LogP) is 5.42. The van der Waals surface area contributed by atoms with Crippen LogP contribution >= 0.6 is 23.1 Å². The number of carbonyl (C=O) groups is 3. The van der Waals surface area contributed by atoms with Gasteiger partial charge in [0.15, 0.2) is 11.5 Å². The van der Waals surface area contributed by atoms with Crippen LogP contribution in [0.5, 0.6) is 0 Å². The fourth-order valence-corrected chi connectivity index (χ4v) is 6.20. The average Bonchev–Trinajstić information content (AvgIpc) is 3.47. The second-order valence-electron chi connectivity index (χ2n) is 8.23. The maximum absolute atomic E-state index is 13.0. The number of rotatable bonds is 9. The third-order valence-corrected chi connectivity index (χ3v) is 7.86. The third-order valence-electron chi connectivity index (χ3n) is 5.71. The number of pyridine rings is 1. The lowest BCUT2D eigenvalue weighted by Gasteiger charge is -2.13. The molecule has 3 aromatic rings. The molecule has 0 saturated heterocycles. The standard InChI is InChI=1S/C25H24N2O4S2/c1-15-8-9-17(19(11-15)24(29)16-5-2-3-6-16)12-18(28)13-21-27-14-22(33-21)32-20-7-4-10-26-23(20)25(30)31/h4,7-11,14,16H,2-3,5-6,12-13H2,1H3,(H,30,31). The lowest BCUT2D eigenvalue weighted by atomic mass is 9.90. The Kier molecular flexibility index (Phi) is 7.35. The zero-order valence-electron chi connectivity index (χ0n) is 18.2. The molecule has 170 valence electrons. The molecule has 1 saturated carbocycles. The molecule has 1 aromatic carbocycles. The minimum atomic E-state index is -1.08. The van der Waals surface area contributed by atoms with Gasteiger partial charge >= 0.3 is 5.97 Å². The molecule has 0 aliphatic heterocycles. The number of hydrogen-bond donors (Lipinski definition) is 1. The van der Waals surface area contributed by atoms with Gasteiger partial charge in [0, 0.05) is 29.0 Å². The normalized spacial score (nSPS) is 13.8. The maximum atomic E-state index is 13.0. The van der Waals surface area contributed by atoms with E-state index in [2.05, 4.69) is 9.97 Å². The van der Waals surface area contributed by atoms with E-state index in [1.165, 1.54) is 29.3 Å². The van der Waals surface area contributed by atoms with Gasteiger partial charge < -0.3 is 5.11 Å². The number of nitrogens with zero attached hydrogens (tertiary/aromatic N) is 2. The van der Waals surface area contributed by atoms with Crippen LogP contribution in [0.2, 0.25) is 0 Å². The predicted molar refractivity (Wildman–Crippen MR) is 127 cm³/mol. The van der Waals surface area contributed by atoms with Crippen molar-refractivity contribution in [3.8, 4) is 0 Å². The Hall–Kier alpha value is -2.84. The summed E-state index contributed by atoms with van der Waals surface area (Å²) in [7, 11) is 0. The first-order chi connectivity index (χ1) is 15.9. The molecule has 0 bridgehead atoms. The van der Waals surface area contributed by atoms with Crippen LogP contribution in [0, 0.1) is 12.8 Å². The molecule has 6 nitrogen and oxygen atoms in total. The number of aromatic carboxylic acids is 1. The van der Waals surface area contributed by atoms with Crippen LogP contribution < -0.4 is 0 Å². The van der Waals surface area contributed by atoms with Gasteiger partial charge in [-0.2, -0.15) is 0 Å². The van der Waals surface area contributed by atoms with E-state index >= 15 is 0 Å². The second kappa shape index (κ2) is 10.4. The van der Waals surface area contributed by atoms with E-state index in [0.717, 1.165) is 41.0 Å². The van der Waals surface area contributed by atoms with E-state index in [4.69, 9.17) is 0 Å². The molecule has 0 unspecified atom stereocenters. The number of hydrogen-bond acceptors (Lipinski definition) is 7. The quantitative estimate of drug-likeness (QED) is 0.408. The van der Waals surface area contributed by atoms with E-state index in [1.54, 1.807) is 18.3 Å². The summed E-state index contributed by atoms with van der Waals surface area (Å²) in [6.07, 6.45) is 7.51. The summed E-state index contributed by atoms with van der Waals surface area (Å²) >= 11 is 2.64. The molecular weight excluding hydrogens is 456 g/mol. The first kappa shape index (κ1) is 23.3. The molecule has 0 atom stereocenters. The molecule has 33 heavy (non-hydrogen) atoms. The minimum Gasteiger partial charge on any atom is -0.476 e. The number of aromatic nitrogens is 2. The van der Waals surface area contributed by atoms with Crippen molar-refractivity contribution in [2.24, 2.45) is 5.92 Å². The number of Topliss-reactive ketones (excluding diaryl/α,β-unsaturated/α-hetero) is 2. The number of carboxylic acid groups (broad SMARTS) is 1. The van der Waals surface area contributed by atoms with Crippen LogP contribution in [0.15, 0.2) is 51.8 Å². The van der Waals surface area contributed by atoms with Crippen LogP contribution in [0.4, 0.5) is 0 Å². The van der Waals surface area contributed by atoms with Crippen LogP contribution in [0.3, 0.4) is 0 Å². The Morgan fingerprint density at radius 1 is 1.12 bits per heavy atom. The van der Waals surface area contributed by atoms with Gasteiger partial charge in [-0.3, -0.25) is 9.59 Å². The van der Waals surface area contributed by atoms with Gasteiger partial charge in [0.1, 0.15) is 10.8 Å². The fourth-order valence-electron chi connectivity index (χ4n) is 4.09. The molecule has 0 amide bonds. The molecule has 4 rings (SSSR count). The van der Waals surface area contributed by atoms with Crippen molar-refractivity contribution in [1.82, 2.24) is 9.97 Å². The summed E-state index contributed by atoms with van der Waals surface area (Å²) in [5.74, 6) is -0.850. The van der Waals surface area contributed by atoms with Gasteiger partial charge in [-0.05, 0) is 43.5 Å². The minimum absolute atomic E-state index is 0.00201. The molecule has 2 heterocycles. The largest absolute Gasteiger partial charge is 0.476 e. The highest BCUT2D eigenvalue weighted by molar-refractivity contribution is 8.01. The lowest BCUT2D eigenvalue weighted by molar-refractivity contribution is -0.117. The Labute approximate surface area is 200 Å². The van der Waals surface area contributed by atoms with Crippen LogP contribution in [-0.2, 0) is 17.6 Å². The third kappa shape index (κ3) is 5.75. The summed E-state index contributed by atoms with van der Waals surface area (Å²) in [6, 6.07) is 9.14. The van der Waals surface area contributed by atoms with Crippen molar-refractivity contribution >= 4 is 40.6 Å². The monoisotopic (exact) mass is 480 g/mol. The van der Waals surface area contributed by atoms with Crippen molar-refractivity contribution < 1.29 is 19.5 Å². The molecule has 2 aromatic heterocycles. The Balaban J connectivity index is 1.44. The first-order valence-electron chi connectivity index (χ1n) is 10.9. The average molecular weight is 481 g/mol. The summed E-state index contributed by atoms with van der Waals surface area (Å²) in [4.78, 5) is 46.0. The van der Waals surface area contributed by atoms with Crippen LogP contribution in [-0.4, -0.2) is 32.6 Å². The van der Waals surface area contributed by atoms with Crippen molar-refractivity contribution in [1.29, 1.82) is 0 Å². The van der Waals surface area contributed by atoms with Crippen LogP contribution in [0.1, 0.15) is 62.7 Å². The zero-order chi connectivity index (χ0) is 23.4. The molecule has 1 aliphatic carbocycles. The first-order valence-corrected chi connectivity index (χ1v) is 12.5. The van der Waals surface area contributed by atoms with Crippen LogP contribution in [0.25, 0.3) is 0 Å². The van der Waals surface area contributed by atoms with E-state index < -0.39 is 5.97 Å². The second-order valence-corrected chi connectivity index (χ2v) is 10.7. The van der Waals surface area contributed by atoms with E-state index in [0.29, 0.717) is 15.5 Å². The van der Waals surface area contributed by atoms with Gasteiger partial charge in [-0.1, -0.05) is 42.3 Å². The Morgan fingerprint density at radius 2 is 1.91 bits per heavy atom. The molecule has 0 radical (unpaired) electrons. The smallest absolute Gasteiger partial charge is 0.355 e. The topological polar surface area (TPSA) is 97.2 Å². The molecule has 1 fully saturated rings. The Bertz CT molecular complexity index is 1200. The van der Waals surface area contributed by atoms with Gasteiger partial charge in [0.05, 0.1) is 16.8 Å². The summed E-state index contributed by atoms with van der Waals surface area (Å²) < 4.78 is 0.792. The number of benzene rings is 1. The molecule has 8 heteroatoms. The number of thiazole rings is 1. The Morgan fingerprint density at radius 3 is 2.67 bits per heavy atom. The SMILES string of the molecule is Cc1ccc(CC(=O)Cc2ncc(Sc3cccnc3C(=O)O)s2)c(C(=O)C2CCCC2)c1. The van der Waals surface area contributed by atoms with Gasteiger partial charge in [0.25, 0.3) is 0 Å². The van der Waals surface area contributed by atoms with Gasteiger partial charge in [-0.25, -0.2) is 14.8 Å². The number of carboxylic acids is 1. The molecule has 1 aliphatic rings. The van der Waals surface area contributed by atoms with Crippen molar-refractivity contribution in [2.75, 3.05) is 0 Å². The van der Waals surface area contributed by atoms with Crippen molar-refractivity contribution in [2.45, 2.75) is 54.6 Å². The molecule has 0 spiro atoms. The van der Waals surface area contributed by atoms with E-state index in [-0.39, 0.29) is 36.0 Å². The highest BCUT2D eigenvalue weighted by Crippen LogP contribution is 2.34. The number of carbonyl (C=O) groups excluding carboxylic acids is 2. The summed E-state index contributed by atoms with van der Waals surface area (Å²) in [5, 5.41) is 9.96. The lowest BCUT2D eigenvalue weighted by Crippen LogP contribution is -2.16. The number of ketones is 2. The fraction of sp³-hybridized carbons (Fsp3) is 0.320. The van der Waals surface area contributed by atoms with Crippen molar-refractivity contribution in [3.05, 3.63) is 70.1 Å². The van der Waals surface area contributed by atoms with E-state index in [9.17, 15) is 19.5 Å². The maximum Gasteiger partial charge on any atom is 0.355 e. The van der Waals surface area contributed by atoms with Crippen molar-refractivity contribution in [3.63, 3.8) is 0 Å². The highest BCUT2D eigenvalue weighted by atomic mass is 32.2. The summed E-state index contributed by atoms with van der Waals surface area (Å²) in [5.41, 5.74) is 2.48. The van der Waals surface area contributed by atoms with Gasteiger partial charge in [-0.15, -0.1) is 11.3 Å². The summed E-state index contributed by atoms with van der Waals surface area (Å²) in [6.45, 7) is 1.96. The molecular formula is C25H24N2O4S2. The zero-order valence-corrected chi connectivity index (χ0v) is 19.9. The number of aryl methyl sites for hydroxylation is 1. The van der Waals surface area contributed by atoms with Gasteiger partial charge in [0.2, 0.25) is 0 Å². The molecule has 1 N–H and O–H groups in total. The van der Waals surface area contributed by atoms with E-state index in [1.807, 2.05) is 25.1 Å².